The molecule has 0 spiro atoms. The second-order valence-electron chi connectivity index (χ2n) is 1.62. The topological polar surface area (TPSA) is 0 Å². The van der Waals surface area contributed by atoms with Crippen molar-refractivity contribution in [2.45, 2.75) is 26.2 Å². The highest BCUT2D eigenvalue weighted by Gasteiger charge is 1.73. The van der Waals surface area contributed by atoms with Gasteiger partial charge in [0.2, 0.25) is 0 Å². The van der Waals surface area contributed by atoms with Gasteiger partial charge in [0.15, 0.2) is 0 Å². The van der Waals surface area contributed by atoms with Crippen LogP contribution in [0.25, 0.3) is 0 Å². The number of rotatable bonds is 3. The van der Waals surface area contributed by atoms with Crippen molar-refractivity contribution in [3.8, 4) is 0 Å². The summed E-state index contributed by atoms with van der Waals surface area (Å²) in [5, 5.41) is 0. The summed E-state index contributed by atoms with van der Waals surface area (Å²) in [4.78, 5) is 0. The molecule has 0 bridgehead atoms. The van der Waals surface area contributed by atoms with Crippen molar-refractivity contribution in [1.29, 1.82) is 0 Å². The van der Waals surface area contributed by atoms with Crippen LogP contribution in [0.5, 0.6) is 0 Å². The second-order valence-corrected chi connectivity index (χ2v) is 1.62. The van der Waals surface area contributed by atoms with E-state index in [1.807, 2.05) is 0 Å². The normalized spacial score (nSPS) is 7.75. The Morgan fingerprint density at radius 2 is 2.38 bits per heavy atom. The van der Waals surface area contributed by atoms with Crippen LogP contribution in [0.4, 0.5) is 4.39 Å². The van der Waals surface area contributed by atoms with Crippen molar-refractivity contribution in [1.82, 2.24) is 0 Å². The SMILES string of the molecule is CCCCC=C=CF. The molecular weight excluding hydrogens is 103 g/mol. The molecule has 0 amide bonds. The number of hydrogen-bond acceptors (Lipinski definition) is 0. The van der Waals surface area contributed by atoms with Gasteiger partial charge in [-0.05, 0) is 18.9 Å². The van der Waals surface area contributed by atoms with Crippen LogP contribution in [0, 0.1) is 0 Å². The Bertz CT molecular complexity index is 88.6. The maximum Gasteiger partial charge on any atom is 0.128 e. The molecule has 0 unspecified atom stereocenters. The largest absolute Gasteiger partial charge is 0.206 e. The van der Waals surface area contributed by atoms with Crippen LogP contribution in [-0.4, -0.2) is 0 Å². The minimum absolute atomic E-state index is 0.440. The summed E-state index contributed by atoms with van der Waals surface area (Å²) in [6, 6.07) is 0. The molecule has 1 heteroatoms. The maximum absolute atomic E-state index is 11.2. The summed E-state index contributed by atoms with van der Waals surface area (Å²) >= 11 is 0. The van der Waals surface area contributed by atoms with E-state index in [0.717, 1.165) is 19.3 Å². The predicted molar refractivity (Wildman–Crippen MR) is 33.3 cm³/mol. The lowest BCUT2D eigenvalue weighted by atomic mass is 10.2. The van der Waals surface area contributed by atoms with E-state index >= 15 is 0 Å². The van der Waals surface area contributed by atoms with Crippen LogP contribution in [0.15, 0.2) is 18.1 Å². The van der Waals surface area contributed by atoms with E-state index in [1.54, 1.807) is 6.08 Å². The third kappa shape index (κ3) is 5.45. The monoisotopic (exact) mass is 114 g/mol. The summed E-state index contributed by atoms with van der Waals surface area (Å²) < 4.78 is 11.2. The zero-order valence-electron chi connectivity index (χ0n) is 5.15. The van der Waals surface area contributed by atoms with Gasteiger partial charge in [-0.2, -0.15) is 0 Å². The predicted octanol–water partition coefficient (Wildman–Crippen LogP) is 2.81. The number of halogens is 1. The average molecular weight is 114 g/mol. The summed E-state index contributed by atoms with van der Waals surface area (Å²) in [5.41, 5.74) is 2.37. The molecule has 0 N–H and O–H groups in total. The molecule has 0 aromatic heterocycles. The van der Waals surface area contributed by atoms with E-state index in [0.29, 0.717) is 6.33 Å². The third-order valence-corrected chi connectivity index (χ3v) is 0.883. The quantitative estimate of drug-likeness (QED) is 0.391. The highest BCUT2D eigenvalue weighted by molar-refractivity contribution is 4.77. The van der Waals surface area contributed by atoms with Gasteiger partial charge < -0.3 is 0 Å². The number of hydrogen-bond donors (Lipinski definition) is 0. The molecule has 0 aromatic carbocycles. The summed E-state index contributed by atoms with van der Waals surface area (Å²) in [6.07, 6.45) is 5.38. The summed E-state index contributed by atoms with van der Waals surface area (Å²) in [7, 11) is 0. The first kappa shape index (κ1) is 7.45. The Kier molecular flexibility index (Phi) is 6.01. The zero-order chi connectivity index (χ0) is 6.24. The molecule has 0 aromatic rings. The van der Waals surface area contributed by atoms with Crippen LogP contribution >= 0.6 is 0 Å². The third-order valence-electron chi connectivity index (χ3n) is 0.883. The van der Waals surface area contributed by atoms with Gasteiger partial charge in [0, 0.05) is 0 Å². The van der Waals surface area contributed by atoms with Crippen LogP contribution < -0.4 is 0 Å². The Labute approximate surface area is 49.7 Å². The minimum atomic E-state index is 0.440. The van der Waals surface area contributed by atoms with Gasteiger partial charge in [0.05, 0.1) is 0 Å². The zero-order valence-corrected chi connectivity index (χ0v) is 5.15. The highest BCUT2D eigenvalue weighted by atomic mass is 19.1. The Morgan fingerprint density at radius 3 is 2.88 bits per heavy atom. The van der Waals surface area contributed by atoms with Gasteiger partial charge in [0.25, 0.3) is 0 Å². The van der Waals surface area contributed by atoms with Crippen LogP contribution in [-0.2, 0) is 0 Å². The smallest absolute Gasteiger partial charge is 0.128 e. The molecule has 0 heterocycles. The Hall–Kier alpha value is -0.550. The number of allylic oxidation sites excluding steroid dienone is 1. The summed E-state index contributed by atoms with van der Waals surface area (Å²) in [6.45, 7) is 2.10. The van der Waals surface area contributed by atoms with E-state index in [2.05, 4.69) is 12.7 Å². The van der Waals surface area contributed by atoms with Gasteiger partial charge in [0.1, 0.15) is 6.33 Å². The van der Waals surface area contributed by atoms with Crippen LogP contribution in [0.3, 0.4) is 0 Å². The van der Waals surface area contributed by atoms with E-state index < -0.39 is 0 Å². The maximum atomic E-state index is 11.2. The second kappa shape index (κ2) is 6.45. The minimum Gasteiger partial charge on any atom is -0.206 e. The molecule has 0 saturated heterocycles. The van der Waals surface area contributed by atoms with Crippen LogP contribution in [0.2, 0.25) is 0 Å². The molecule has 0 aliphatic rings. The van der Waals surface area contributed by atoms with Gasteiger partial charge in [-0.15, -0.1) is 0 Å². The standard InChI is InChI=1S/C7H11F/c1-2-3-4-5-6-7-8/h5,7H,2-4H2,1H3. The fourth-order valence-corrected chi connectivity index (χ4v) is 0.434. The molecule has 0 atom stereocenters. The van der Waals surface area contributed by atoms with Crippen molar-refractivity contribution in [2.75, 3.05) is 0 Å². The Morgan fingerprint density at radius 1 is 1.62 bits per heavy atom. The van der Waals surface area contributed by atoms with Crippen LogP contribution in [0.1, 0.15) is 26.2 Å². The van der Waals surface area contributed by atoms with E-state index in [-0.39, 0.29) is 0 Å². The lowest BCUT2D eigenvalue weighted by Crippen LogP contribution is -1.62. The Balaban J connectivity index is 3.04. The molecule has 0 fully saturated rings. The van der Waals surface area contributed by atoms with Crippen molar-refractivity contribution in [3.05, 3.63) is 18.1 Å². The van der Waals surface area contributed by atoms with Gasteiger partial charge >= 0.3 is 0 Å². The van der Waals surface area contributed by atoms with Crippen molar-refractivity contribution < 1.29 is 4.39 Å². The van der Waals surface area contributed by atoms with Crippen molar-refractivity contribution >= 4 is 0 Å². The fourth-order valence-electron chi connectivity index (χ4n) is 0.434. The highest BCUT2D eigenvalue weighted by Crippen LogP contribution is 1.92. The molecule has 0 radical (unpaired) electrons. The first-order chi connectivity index (χ1) is 3.91. The molecule has 0 aliphatic carbocycles. The first-order valence-electron chi connectivity index (χ1n) is 2.91. The molecular formula is C7H11F. The van der Waals surface area contributed by atoms with E-state index in [1.165, 1.54) is 0 Å². The van der Waals surface area contributed by atoms with Gasteiger partial charge in [-0.25, -0.2) is 4.39 Å². The van der Waals surface area contributed by atoms with E-state index in [4.69, 9.17) is 0 Å². The lowest BCUT2D eigenvalue weighted by Gasteiger charge is -1.82. The van der Waals surface area contributed by atoms with Crippen molar-refractivity contribution in [2.24, 2.45) is 0 Å². The average Bonchev–Trinajstić information content (AvgIpc) is 1.81. The molecule has 0 saturated carbocycles. The summed E-state index contributed by atoms with van der Waals surface area (Å²) in [5.74, 6) is 0. The van der Waals surface area contributed by atoms with Gasteiger partial charge in [-0.3, -0.25) is 0 Å². The van der Waals surface area contributed by atoms with E-state index in [9.17, 15) is 4.39 Å². The molecule has 0 aliphatic heterocycles. The van der Waals surface area contributed by atoms with Crippen molar-refractivity contribution in [3.63, 3.8) is 0 Å². The first-order valence-corrected chi connectivity index (χ1v) is 2.91. The van der Waals surface area contributed by atoms with Gasteiger partial charge in [-0.1, -0.05) is 19.1 Å². The molecule has 0 nitrogen and oxygen atoms in total. The lowest BCUT2D eigenvalue weighted by molar-refractivity contribution is 0.722. The number of unbranched alkanes of at least 4 members (excludes halogenated alkanes) is 2. The molecule has 8 heavy (non-hydrogen) atoms. The fraction of sp³-hybridized carbons (Fsp3) is 0.571. The molecule has 46 valence electrons. The molecule has 0 rings (SSSR count).